The first-order valence-electron chi connectivity index (χ1n) is 4.55. The van der Waals surface area contributed by atoms with E-state index in [-0.39, 0.29) is 11.1 Å². The number of likely N-dealkylation sites (N-methyl/N-ethyl adjacent to an activating group) is 1. The fourth-order valence-electron chi connectivity index (χ4n) is 1.28. The normalized spacial score (nSPS) is 18.6. The molecule has 0 aromatic heterocycles. The van der Waals surface area contributed by atoms with Crippen molar-refractivity contribution < 1.29 is 9.59 Å². The quantitative estimate of drug-likeness (QED) is 0.748. The lowest BCUT2D eigenvalue weighted by Gasteiger charge is -2.01. The zero-order valence-electron chi connectivity index (χ0n) is 8.44. The number of benzene rings is 1. The Hall–Kier alpha value is -1.07. The van der Waals surface area contributed by atoms with Crippen molar-refractivity contribution in [2.24, 2.45) is 0 Å². The van der Waals surface area contributed by atoms with E-state index in [9.17, 15) is 9.59 Å². The van der Waals surface area contributed by atoms with Gasteiger partial charge in [-0.25, -0.2) is 0 Å². The highest BCUT2D eigenvalue weighted by atomic mass is 79.9. The first-order valence-corrected chi connectivity index (χ1v) is 6.16. The van der Waals surface area contributed by atoms with Crippen molar-refractivity contribution in [2.75, 3.05) is 7.05 Å². The van der Waals surface area contributed by atoms with Crippen LogP contribution in [0.5, 0.6) is 0 Å². The van der Waals surface area contributed by atoms with Gasteiger partial charge in [-0.3, -0.25) is 14.5 Å². The van der Waals surface area contributed by atoms with Gasteiger partial charge in [0.05, 0.1) is 4.91 Å². The molecule has 82 valence electrons. The Kier molecular flexibility index (Phi) is 3.16. The van der Waals surface area contributed by atoms with Crippen LogP contribution in [0.3, 0.4) is 0 Å². The molecule has 0 bridgehead atoms. The summed E-state index contributed by atoms with van der Waals surface area (Å²) >= 11 is 4.35. The van der Waals surface area contributed by atoms with Crippen LogP contribution in [0.4, 0.5) is 4.79 Å². The van der Waals surface area contributed by atoms with Gasteiger partial charge in [0, 0.05) is 11.5 Å². The van der Waals surface area contributed by atoms with Crippen molar-refractivity contribution in [3.8, 4) is 0 Å². The molecule has 0 atom stereocenters. The molecule has 1 aliphatic rings. The lowest BCUT2D eigenvalue weighted by molar-refractivity contribution is -0.121. The van der Waals surface area contributed by atoms with Gasteiger partial charge < -0.3 is 0 Å². The standard InChI is InChI=1S/C11H8BrNO2S/c1-13-10(14)9(16-11(13)15)6-7-4-2-3-5-8(7)12/h2-6H,1H3/b9-6-. The van der Waals surface area contributed by atoms with Crippen molar-refractivity contribution in [2.45, 2.75) is 0 Å². The number of thioether (sulfide) groups is 1. The van der Waals surface area contributed by atoms with Gasteiger partial charge in [-0.05, 0) is 29.5 Å². The van der Waals surface area contributed by atoms with Crippen LogP contribution in [-0.4, -0.2) is 23.1 Å². The maximum atomic E-state index is 11.6. The summed E-state index contributed by atoms with van der Waals surface area (Å²) in [7, 11) is 1.48. The van der Waals surface area contributed by atoms with Gasteiger partial charge >= 0.3 is 0 Å². The molecule has 0 aliphatic carbocycles. The Bertz CT molecular complexity index is 499. The molecule has 0 spiro atoms. The number of nitrogens with zero attached hydrogens (tertiary/aromatic N) is 1. The molecule has 0 N–H and O–H groups in total. The second kappa shape index (κ2) is 4.43. The smallest absolute Gasteiger partial charge is 0.272 e. The molecular formula is C11H8BrNO2S. The molecule has 0 radical (unpaired) electrons. The van der Waals surface area contributed by atoms with E-state index >= 15 is 0 Å². The number of hydrogen-bond donors (Lipinski definition) is 0. The highest BCUT2D eigenvalue weighted by molar-refractivity contribution is 9.10. The highest BCUT2D eigenvalue weighted by Gasteiger charge is 2.31. The van der Waals surface area contributed by atoms with Crippen LogP contribution >= 0.6 is 27.7 Å². The Morgan fingerprint density at radius 1 is 1.31 bits per heavy atom. The fraction of sp³-hybridized carbons (Fsp3) is 0.0909. The van der Waals surface area contributed by atoms with E-state index < -0.39 is 0 Å². The number of hydrogen-bond acceptors (Lipinski definition) is 3. The second-order valence-corrected chi connectivity index (χ2v) is 5.11. The first kappa shape index (κ1) is 11.4. The summed E-state index contributed by atoms with van der Waals surface area (Å²) in [5.74, 6) is -0.245. The summed E-state index contributed by atoms with van der Waals surface area (Å²) < 4.78 is 0.901. The number of carbonyl (C=O) groups excluding carboxylic acids is 2. The minimum atomic E-state index is -0.245. The van der Waals surface area contributed by atoms with E-state index in [1.807, 2.05) is 24.3 Å². The van der Waals surface area contributed by atoms with Gasteiger partial charge in [-0.15, -0.1) is 0 Å². The molecule has 0 unspecified atom stereocenters. The van der Waals surface area contributed by atoms with Crippen LogP contribution in [0, 0.1) is 0 Å². The Balaban J connectivity index is 2.37. The lowest BCUT2D eigenvalue weighted by atomic mass is 10.2. The average Bonchev–Trinajstić information content (AvgIpc) is 2.50. The topological polar surface area (TPSA) is 37.4 Å². The van der Waals surface area contributed by atoms with Gasteiger partial charge in [0.1, 0.15) is 0 Å². The number of rotatable bonds is 1. The average molecular weight is 298 g/mol. The SMILES string of the molecule is CN1C(=O)S/C(=C\c2ccccc2Br)C1=O. The molecule has 3 nitrogen and oxygen atoms in total. The number of imide groups is 1. The summed E-state index contributed by atoms with van der Waals surface area (Å²) in [4.78, 5) is 24.5. The lowest BCUT2D eigenvalue weighted by Crippen LogP contribution is -2.22. The van der Waals surface area contributed by atoms with Gasteiger partial charge in [-0.1, -0.05) is 34.1 Å². The van der Waals surface area contributed by atoms with Crippen molar-refractivity contribution >= 4 is 44.9 Å². The highest BCUT2D eigenvalue weighted by Crippen LogP contribution is 2.32. The van der Waals surface area contributed by atoms with Crippen molar-refractivity contribution in [3.05, 3.63) is 39.2 Å². The van der Waals surface area contributed by atoms with Crippen molar-refractivity contribution in [1.29, 1.82) is 0 Å². The Morgan fingerprint density at radius 2 is 2.00 bits per heavy atom. The van der Waals surface area contributed by atoms with Gasteiger partial charge in [0.15, 0.2) is 0 Å². The summed E-state index contributed by atoms with van der Waals surface area (Å²) in [6, 6.07) is 7.55. The van der Waals surface area contributed by atoms with E-state index in [1.165, 1.54) is 7.05 Å². The number of carbonyl (C=O) groups is 2. The van der Waals surface area contributed by atoms with Crippen molar-refractivity contribution in [1.82, 2.24) is 4.90 Å². The van der Waals surface area contributed by atoms with Gasteiger partial charge in [0.2, 0.25) is 0 Å². The third-order valence-electron chi connectivity index (χ3n) is 2.18. The van der Waals surface area contributed by atoms with Gasteiger partial charge in [-0.2, -0.15) is 0 Å². The molecular weight excluding hydrogens is 290 g/mol. The molecule has 1 aromatic carbocycles. The van der Waals surface area contributed by atoms with E-state index in [0.29, 0.717) is 4.91 Å². The van der Waals surface area contributed by atoms with Crippen LogP contribution in [0.1, 0.15) is 5.56 Å². The molecule has 16 heavy (non-hydrogen) atoms. The summed E-state index contributed by atoms with van der Waals surface area (Å²) in [5.41, 5.74) is 0.890. The van der Waals surface area contributed by atoms with Crippen LogP contribution in [-0.2, 0) is 4.79 Å². The summed E-state index contributed by atoms with van der Waals surface area (Å²) in [6.07, 6.45) is 1.72. The third-order valence-corrected chi connectivity index (χ3v) is 3.86. The van der Waals surface area contributed by atoms with E-state index in [4.69, 9.17) is 0 Å². The maximum absolute atomic E-state index is 11.6. The molecule has 2 rings (SSSR count). The molecule has 5 heteroatoms. The largest absolute Gasteiger partial charge is 0.293 e. The molecule has 0 saturated carbocycles. The predicted octanol–water partition coefficient (Wildman–Crippen LogP) is 3.12. The molecule has 1 fully saturated rings. The molecule has 1 saturated heterocycles. The van der Waals surface area contributed by atoms with E-state index in [1.54, 1.807) is 6.08 Å². The van der Waals surface area contributed by atoms with Crippen LogP contribution in [0.2, 0.25) is 0 Å². The monoisotopic (exact) mass is 297 g/mol. The van der Waals surface area contributed by atoms with Gasteiger partial charge in [0.25, 0.3) is 11.1 Å². The minimum absolute atomic E-state index is 0.233. The third kappa shape index (κ3) is 2.05. The van der Waals surface area contributed by atoms with Crippen molar-refractivity contribution in [3.63, 3.8) is 0 Å². The first-order chi connectivity index (χ1) is 7.59. The Morgan fingerprint density at radius 3 is 2.56 bits per heavy atom. The van der Waals surface area contributed by atoms with E-state index in [0.717, 1.165) is 26.7 Å². The minimum Gasteiger partial charge on any atom is -0.272 e. The summed E-state index contributed by atoms with van der Waals surface area (Å²) in [5, 5.41) is -0.233. The predicted molar refractivity (Wildman–Crippen MR) is 67.9 cm³/mol. The summed E-state index contributed by atoms with van der Waals surface area (Å²) in [6.45, 7) is 0. The molecule has 1 heterocycles. The number of halogens is 1. The number of amides is 2. The van der Waals surface area contributed by atoms with Crippen LogP contribution in [0.25, 0.3) is 6.08 Å². The zero-order chi connectivity index (χ0) is 11.7. The molecule has 1 aromatic rings. The fourth-order valence-corrected chi connectivity index (χ4v) is 2.50. The molecule has 1 aliphatic heterocycles. The van der Waals surface area contributed by atoms with Crippen LogP contribution in [0.15, 0.2) is 33.6 Å². The second-order valence-electron chi connectivity index (χ2n) is 3.26. The van der Waals surface area contributed by atoms with Crippen LogP contribution < -0.4 is 0 Å². The zero-order valence-corrected chi connectivity index (χ0v) is 10.8. The maximum Gasteiger partial charge on any atom is 0.293 e. The van der Waals surface area contributed by atoms with E-state index in [2.05, 4.69) is 15.9 Å². The Labute approximate surface area is 106 Å². The molecule has 2 amide bonds.